The number of imide groups is 2. The first kappa shape index (κ1) is 11.2. The molecule has 5 nitrogen and oxygen atoms in total. The van der Waals surface area contributed by atoms with E-state index in [1.54, 1.807) is 19.1 Å². The van der Waals surface area contributed by atoms with Crippen molar-refractivity contribution in [2.75, 3.05) is 14.1 Å². The highest BCUT2D eigenvalue weighted by Gasteiger charge is 2.37. The van der Waals surface area contributed by atoms with Gasteiger partial charge in [-0.3, -0.25) is 19.4 Å². The Morgan fingerprint density at radius 3 is 1.87 bits per heavy atom. The Balaban J connectivity index is 3.13. The molecular weight excluding hydrogens is 196 g/mol. The number of likely N-dealkylation sites (N-methyl/N-ethyl adjacent to an activating group) is 2. The summed E-state index contributed by atoms with van der Waals surface area (Å²) in [5, 5.41) is 0. The van der Waals surface area contributed by atoms with Crippen LogP contribution in [0.1, 0.15) is 6.92 Å². The third-order valence-corrected chi connectivity index (χ3v) is 2.10. The van der Waals surface area contributed by atoms with Gasteiger partial charge >= 0.3 is 6.03 Å². The lowest BCUT2D eigenvalue weighted by atomic mass is 10.1. The van der Waals surface area contributed by atoms with Crippen LogP contribution in [0.3, 0.4) is 0 Å². The average Bonchev–Trinajstić information content (AvgIpc) is 2.24. The summed E-state index contributed by atoms with van der Waals surface area (Å²) >= 11 is 0. The number of carbonyl (C=O) groups is 3. The molecule has 0 aromatic rings. The van der Waals surface area contributed by atoms with E-state index in [0.29, 0.717) is 0 Å². The predicted molar refractivity (Wildman–Crippen MR) is 53.8 cm³/mol. The minimum Gasteiger partial charge on any atom is -0.268 e. The van der Waals surface area contributed by atoms with Crippen LogP contribution >= 0.6 is 0 Å². The van der Waals surface area contributed by atoms with Crippen LogP contribution in [0.4, 0.5) is 4.79 Å². The van der Waals surface area contributed by atoms with Gasteiger partial charge in [-0.1, -0.05) is 12.2 Å². The van der Waals surface area contributed by atoms with Gasteiger partial charge < -0.3 is 0 Å². The molecule has 1 saturated heterocycles. The number of nitrogens with zero attached hydrogens (tertiary/aromatic N) is 2. The molecule has 0 N–H and O–H groups in total. The summed E-state index contributed by atoms with van der Waals surface area (Å²) in [5.74, 6) is -1.14. The summed E-state index contributed by atoms with van der Waals surface area (Å²) in [6.07, 6.45) is 4.69. The molecule has 0 aliphatic carbocycles. The molecule has 0 bridgehead atoms. The summed E-state index contributed by atoms with van der Waals surface area (Å²) in [6, 6.07) is -0.609. The number of urea groups is 1. The van der Waals surface area contributed by atoms with Crippen molar-refractivity contribution in [3.63, 3.8) is 0 Å². The van der Waals surface area contributed by atoms with Gasteiger partial charge in [-0.2, -0.15) is 0 Å². The first-order chi connectivity index (χ1) is 7.00. The molecule has 4 amide bonds. The zero-order valence-electron chi connectivity index (χ0n) is 8.85. The molecule has 0 saturated carbocycles. The quantitative estimate of drug-likeness (QED) is 0.466. The first-order valence-corrected chi connectivity index (χ1v) is 4.43. The monoisotopic (exact) mass is 208 g/mol. The second-order valence-corrected chi connectivity index (χ2v) is 3.12. The molecule has 1 fully saturated rings. The molecule has 15 heavy (non-hydrogen) atoms. The van der Waals surface area contributed by atoms with Crippen LogP contribution < -0.4 is 0 Å². The lowest BCUT2D eigenvalue weighted by Crippen LogP contribution is -2.52. The lowest BCUT2D eigenvalue weighted by molar-refractivity contribution is -0.134. The van der Waals surface area contributed by atoms with Crippen molar-refractivity contribution in [3.05, 3.63) is 23.8 Å². The molecule has 1 heterocycles. The van der Waals surface area contributed by atoms with Crippen molar-refractivity contribution in [1.29, 1.82) is 0 Å². The molecule has 0 radical (unpaired) electrons. The second kappa shape index (κ2) is 4.08. The molecule has 0 aromatic carbocycles. The summed E-state index contributed by atoms with van der Waals surface area (Å²) in [7, 11) is 2.69. The maximum atomic E-state index is 11.6. The van der Waals surface area contributed by atoms with Gasteiger partial charge in [-0.05, 0) is 13.0 Å². The van der Waals surface area contributed by atoms with Crippen LogP contribution in [0.5, 0.6) is 0 Å². The van der Waals surface area contributed by atoms with E-state index < -0.39 is 17.8 Å². The van der Waals surface area contributed by atoms with Gasteiger partial charge in [0.2, 0.25) is 0 Å². The van der Waals surface area contributed by atoms with E-state index >= 15 is 0 Å². The van der Waals surface area contributed by atoms with E-state index in [4.69, 9.17) is 0 Å². The van der Waals surface area contributed by atoms with Gasteiger partial charge in [-0.15, -0.1) is 0 Å². The van der Waals surface area contributed by atoms with Crippen molar-refractivity contribution in [2.45, 2.75) is 6.92 Å². The highest BCUT2D eigenvalue weighted by Crippen LogP contribution is 2.14. The van der Waals surface area contributed by atoms with Crippen LogP contribution in [0.15, 0.2) is 23.8 Å². The Hall–Kier alpha value is -1.91. The van der Waals surface area contributed by atoms with Crippen LogP contribution in [-0.2, 0) is 9.59 Å². The molecule has 5 heteroatoms. The second-order valence-electron chi connectivity index (χ2n) is 3.12. The van der Waals surface area contributed by atoms with Crippen molar-refractivity contribution in [2.24, 2.45) is 0 Å². The molecule has 0 aromatic heterocycles. The van der Waals surface area contributed by atoms with Gasteiger partial charge in [0, 0.05) is 14.1 Å². The standard InChI is InChI=1S/C10H12N2O3/c1-4-5-6-7-8(13)11(2)10(15)12(3)9(7)14/h4-6H,1-3H3. The Morgan fingerprint density at radius 2 is 1.47 bits per heavy atom. The predicted octanol–water partition coefficient (Wildman–Crippen LogP) is 0.539. The van der Waals surface area contributed by atoms with Gasteiger partial charge in [0.1, 0.15) is 5.57 Å². The molecule has 1 rings (SSSR count). The fourth-order valence-corrected chi connectivity index (χ4v) is 1.19. The smallest absolute Gasteiger partial charge is 0.268 e. The van der Waals surface area contributed by atoms with Crippen molar-refractivity contribution in [1.82, 2.24) is 9.80 Å². The van der Waals surface area contributed by atoms with E-state index in [0.717, 1.165) is 9.80 Å². The fraction of sp³-hybridized carbons (Fsp3) is 0.300. The average molecular weight is 208 g/mol. The molecule has 1 aliphatic heterocycles. The van der Waals surface area contributed by atoms with Crippen molar-refractivity contribution < 1.29 is 14.4 Å². The fourth-order valence-electron chi connectivity index (χ4n) is 1.19. The van der Waals surface area contributed by atoms with Gasteiger partial charge in [0.05, 0.1) is 0 Å². The molecule has 1 aliphatic rings. The van der Waals surface area contributed by atoms with E-state index in [2.05, 4.69) is 0 Å². The van der Waals surface area contributed by atoms with Crippen LogP contribution in [0, 0.1) is 0 Å². The van der Waals surface area contributed by atoms with Crippen molar-refractivity contribution in [3.8, 4) is 0 Å². The molecule has 0 atom stereocenters. The number of amides is 4. The SMILES string of the molecule is CC=CC=C1C(=O)N(C)C(=O)N(C)C1=O. The summed E-state index contributed by atoms with van der Waals surface area (Å²) < 4.78 is 0. The molecule has 0 spiro atoms. The lowest BCUT2D eigenvalue weighted by Gasteiger charge is -2.28. The largest absolute Gasteiger partial charge is 0.333 e. The Morgan fingerprint density at radius 1 is 1.00 bits per heavy atom. The Kier molecular flexibility index (Phi) is 3.04. The number of rotatable bonds is 1. The third kappa shape index (κ3) is 1.81. The van der Waals surface area contributed by atoms with Crippen LogP contribution in [0.25, 0.3) is 0 Å². The van der Waals surface area contributed by atoms with Crippen LogP contribution in [0.2, 0.25) is 0 Å². The zero-order valence-corrected chi connectivity index (χ0v) is 8.85. The molecule has 0 unspecified atom stereocenters. The number of hydrogen-bond acceptors (Lipinski definition) is 3. The topological polar surface area (TPSA) is 57.7 Å². The summed E-state index contributed by atoms with van der Waals surface area (Å²) in [5.41, 5.74) is -0.00213. The van der Waals surface area contributed by atoms with E-state index in [1.807, 2.05) is 0 Å². The number of hydrogen-bond donors (Lipinski definition) is 0. The van der Waals surface area contributed by atoms with Gasteiger partial charge in [0.15, 0.2) is 0 Å². The maximum absolute atomic E-state index is 11.6. The zero-order chi connectivity index (χ0) is 11.6. The number of carbonyl (C=O) groups excluding carboxylic acids is 3. The summed E-state index contributed by atoms with van der Waals surface area (Å²) in [4.78, 5) is 36.3. The van der Waals surface area contributed by atoms with Crippen LogP contribution in [-0.4, -0.2) is 41.7 Å². The minimum atomic E-state index is -0.609. The number of barbiturate groups is 1. The Labute approximate surface area is 87.6 Å². The maximum Gasteiger partial charge on any atom is 0.333 e. The minimum absolute atomic E-state index is 0.00213. The van der Waals surface area contributed by atoms with Gasteiger partial charge in [-0.25, -0.2) is 4.79 Å². The number of allylic oxidation sites excluding steroid dienone is 3. The van der Waals surface area contributed by atoms with E-state index in [9.17, 15) is 14.4 Å². The van der Waals surface area contributed by atoms with E-state index in [-0.39, 0.29) is 5.57 Å². The normalized spacial score (nSPS) is 18.1. The van der Waals surface area contributed by atoms with Gasteiger partial charge in [0.25, 0.3) is 11.8 Å². The Bertz CT molecular complexity index is 356. The van der Waals surface area contributed by atoms with Crippen molar-refractivity contribution >= 4 is 17.8 Å². The highest BCUT2D eigenvalue weighted by atomic mass is 16.2. The first-order valence-electron chi connectivity index (χ1n) is 4.43. The highest BCUT2D eigenvalue weighted by molar-refractivity contribution is 6.28. The van der Waals surface area contributed by atoms with E-state index in [1.165, 1.54) is 20.2 Å². The third-order valence-electron chi connectivity index (χ3n) is 2.10. The summed E-state index contributed by atoms with van der Waals surface area (Å²) in [6.45, 7) is 1.77. The molecular formula is C10H12N2O3. The molecule has 80 valence electrons.